The molecule has 0 aliphatic heterocycles. The summed E-state index contributed by atoms with van der Waals surface area (Å²) in [5, 5.41) is 3.37. The van der Waals surface area contributed by atoms with Crippen molar-refractivity contribution < 1.29 is 4.74 Å². The average molecular weight is 278 g/mol. The Hall–Kier alpha value is -1.06. The van der Waals surface area contributed by atoms with Gasteiger partial charge in [-0.3, -0.25) is 4.90 Å². The zero-order valence-electron chi connectivity index (χ0n) is 13.7. The van der Waals surface area contributed by atoms with Gasteiger partial charge in [0, 0.05) is 25.2 Å². The Kier molecular flexibility index (Phi) is 7.63. The minimum Gasteiger partial charge on any atom is -0.496 e. The molecule has 0 saturated carbocycles. The fraction of sp³-hybridized carbons (Fsp3) is 0.647. The van der Waals surface area contributed by atoms with Gasteiger partial charge in [-0.25, -0.2) is 0 Å². The Morgan fingerprint density at radius 3 is 2.55 bits per heavy atom. The van der Waals surface area contributed by atoms with Crippen LogP contribution in [0.2, 0.25) is 0 Å². The van der Waals surface area contributed by atoms with Gasteiger partial charge in [0.2, 0.25) is 0 Å². The molecule has 0 heterocycles. The van der Waals surface area contributed by atoms with Crippen LogP contribution in [0.3, 0.4) is 0 Å². The van der Waals surface area contributed by atoms with E-state index < -0.39 is 0 Å². The second-order valence-electron chi connectivity index (χ2n) is 5.65. The topological polar surface area (TPSA) is 24.5 Å². The van der Waals surface area contributed by atoms with Gasteiger partial charge in [0.1, 0.15) is 5.75 Å². The lowest BCUT2D eigenvalue weighted by Gasteiger charge is -2.24. The molecule has 114 valence electrons. The molecule has 0 bridgehead atoms. The summed E-state index contributed by atoms with van der Waals surface area (Å²) in [6, 6.07) is 6.50. The lowest BCUT2D eigenvalue weighted by molar-refractivity contribution is 0.244. The highest BCUT2D eigenvalue weighted by molar-refractivity contribution is 5.37. The fourth-order valence-electron chi connectivity index (χ4n) is 2.40. The Balaban J connectivity index is 2.83. The van der Waals surface area contributed by atoms with Crippen LogP contribution in [0.4, 0.5) is 0 Å². The van der Waals surface area contributed by atoms with Crippen molar-refractivity contribution in [2.75, 3.05) is 26.7 Å². The van der Waals surface area contributed by atoms with Gasteiger partial charge in [-0.1, -0.05) is 33.8 Å². The first kappa shape index (κ1) is 17.0. The van der Waals surface area contributed by atoms with Crippen molar-refractivity contribution in [2.45, 2.75) is 40.8 Å². The van der Waals surface area contributed by atoms with E-state index in [2.05, 4.69) is 56.1 Å². The van der Waals surface area contributed by atoms with Crippen LogP contribution in [0.1, 0.15) is 38.8 Å². The Bertz CT molecular complexity index is 391. The summed E-state index contributed by atoms with van der Waals surface area (Å²) in [6.07, 6.45) is 0. The van der Waals surface area contributed by atoms with Crippen molar-refractivity contribution in [1.82, 2.24) is 10.2 Å². The normalized spacial score (nSPS) is 11.3. The number of methoxy groups -OCH3 is 1. The third-order valence-electron chi connectivity index (χ3n) is 3.39. The molecular weight excluding hydrogens is 248 g/mol. The highest BCUT2D eigenvalue weighted by Gasteiger charge is 2.10. The number of nitrogens with one attached hydrogen (secondary N) is 1. The van der Waals surface area contributed by atoms with E-state index in [0.29, 0.717) is 5.92 Å². The molecule has 3 heteroatoms. The maximum atomic E-state index is 5.51. The van der Waals surface area contributed by atoms with Gasteiger partial charge >= 0.3 is 0 Å². The fourth-order valence-corrected chi connectivity index (χ4v) is 2.40. The van der Waals surface area contributed by atoms with Crippen molar-refractivity contribution in [1.29, 1.82) is 0 Å². The zero-order valence-corrected chi connectivity index (χ0v) is 13.7. The van der Waals surface area contributed by atoms with Crippen LogP contribution in [0, 0.1) is 5.92 Å². The largest absolute Gasteiger partial charge is 0.496 e. The van der Waals surface area contributed by atoms with Crippen molar-refractivity contribution in [3.05, 3.63) is 29.3 Å². The zero-order chi connectivity index (χ0) is 15.0. The minimum absolute atomic E-state index is 0.686. The molecule has 0 radical (unpaired) electrons. The molecule has 0 aromatic heterocycles. The predicted octanol–water partition coefficient (Wildman–Crippen LogP) is 3.28. The van der Waals surface area contributed by atoms with E-state index in [1.807, 2.05) is 0 Å². The lowest BCUT2D eigenvalue weighted by atomic mass is 10.1. The van der Waals surface area contributed by atoms with Gasteiger partial charge in [0.05, 0.1) is 7.11 Å². The molecule has 1 N–H and O–H groups in total. The molecule has 0 atom stereocenters. The first-order chi connectivity index (χ1) is 9.60. The van der Waals surface area contributed by atoms with Gasteiger partial charge in [-0.15, -0.1) is 0 Å². The van der Waals surface area contributed by atoms with Crippen molar-refractivity contribution in [3.63, 3.8) is 0 Å². The van der Waals surface area contributed by atoms with E-state index >= 15 is 0 Å². The number of hydrogen-bond donors (Lipinski definition) is 1. The van der Waals surface area contributed by atoms with Crippen molar-refractivity contribution in [2.24, 2.45) is 5.92 Å². The van der Waals surface area contributed by atoms with Gasteiger partial charge in [0.15, 0.2) is 0 Å². The van der Waals surface area contributed by atoms with Crippen molar-refractivity contribution >= 4 is 0 Å². The number of nitrogens with zero attached hydrogens (tertiary/aromatic N) is 1. The average Bonchev–Trinajstić information content (AvgIpc) is 2.44. The van der Waals surface area contributed by atoms with E-state index in [1.165, 1.54) is 11.1 Å². The molecule has 0 aliphatic carbocycles. The minimum atomic E-state index is 0.686. The number of hydrogen-bond acceptors (Lipinski definition) is 3. The van der Waals surface area contributed by atoms with Gasteiger partial charge in [0.25, 0.3) is 0 Å². The smallest absolute Gasteiger partial charge is 0.123 e. The Morgan fingerprint density at radius 1 is 1.25 bits per heavy atom. The van der Waals surface area contributed by atoms with E-state index in [9.17, 15) is 0 Å². The highest BCUT2D eigenvalue weighted by Crippen LogP contribution is 2.22. The summed E-state index contributed by atoms with van der Waals surface area (Å²) in [5.41, 5.74) is 2.61. The SMILES string of the molecule is CCNCc1ccc(OC)c(CN(CC)CC(C)C)c1. The molecule has 0 saturated heterocycles. The molecule has 1 rings (SSSR count). The molecular formula is C17H30N2O. The molecule has 0 spiro atoms. The third-order valence-corrected chi connectivity index (χ3v) is 3.39. The number of benzene rings is 1. The van der Waals surface area contributed by atoms with E-state index in [1.54, 1.807) is 7.11 Å². The molecule has 20 heavy (non-hydrogen) atoms. The lowest BCUT2D eigenvalue weighted by Crippen LogP contribution is -2.27. The van der Waals surface area contributed by atoms with E-state index in [-0.39, 0.29) is 0 Å². The summed E-state index contributed by atoms with van der Waals surface area (Å²) < 4.78 is 5.51. The van der Waals surface area contributed by atoms with Crippen LogP contribution < -0.4 is 10.1 Å². The Morgan fingerprint density at radius 2 is 2.00 bits per heavy atom. The second-order valence-corrected chi connectivity index (χ2v) is 5.65. The van der Waals surface area contributed by atoms with E-state index in [4.69, 9.17) is 4.74 Å². The number of rotatable bonds is 9. The molecule has 0 aliphatic rings. The molecule has 0 unspecified atom stereocenters. The first-order valence-corrected chi connectivity index (χ1v) is 7.69. The monoisotopic (exact) mass is 278 g/mol. The van der Waals surface area contributed by atoms with Crippen LogP contribution >= 0.6 is 0 Å². The summed E-state index contributed by atoms with van der Waals surface area (Å²) in [7, 11) is 1.75. The maximum absolute atomic E-state index is 5.51. The molecule has 3 nitrogen and oxygen atoms in total. The summed E-state index contributed by atoms with van der Waals surface area (Å²) >= 11 is 0. The van der Waals surface area contributed by atoms with Crippen LogP contribution in [0.5, 0.6) is 5.75 Å². The van der Waals surface area contributed by atoms with E-state index in [0.717, 1.165) is 38.5 Å². The Labute approximate surface area is 124 Å². The third kappa shape index (κ3) is 5.51. The maximum Gasteiger partial charge on any atom is 0.123 e. The highest BCUT2D eigenvalue weighted by atomic mass is 16.5. The van der Waals surface area contributed by atoms with Crippen LogP contribution in [-0.2, 0) is 13.1 Å². The molecule has 1 aromatic carbocycles. The van der Waals surface area contributed by atoms with Crippen LogP contribution in [0.15, 0.2) is 18.2 Å². The molecule has 1 aromatic rings. The summed E-state index contributed by atoms with van der Waals surface area (Å²) in [4.78, 5) is 2.47. The standard InChI is InChI=1S/C17H30N2O/c1-6-18-11-15-8-9-17(20-5)16(10-15)13-19(7-2)12-14(3)4/h8-10,14,18H,6-7,11-13H2,1-5H3. The quantitative estimate of drug-likeness (QED) is 0.750. The molecule has 0 fully saturated rings. The first-order valence-electron chi connectivity index (χ1n) is 7.69. The predicted molar refractivity (Wildman–Crippen MR) is 86.2 cm³/mol. The molecule has 0 amide bonds. The van der Waals surface area contributed by atoms with Crippen molar-refractivity contribution in [3.8, 4) is 5.75 Å². The van der Waals surface area contributed by atoms with Gasteiger partial charge < -0.3 is 10.1 Å². The number of ether oxygens (including phenoxy) is 1. The summed E-state index contributed by atoms with van der Waals surface area (Å²) in [6.45, 7) is 13.9. The van der Waals surface area contributed by atoms with Crippen LogP contribution in [0.25, 0.3) is 0 Å². The summed E-state index contributed by atoms with van der Waals surface area (Å²) in [5.74, 6) is 1.68. The van der Waals surface area contributed by atoms with Gasteiger partial charge in [-0.05, 0) is 36.7 Å². The second kappa shape index (κ2) is 8.98. The van der Waals surface area contributed by atoms with Crippen LogP contribution in [-0.4, -0.2) is 31.6 Å². The van der Waals surface area contributed by atoms with Gasteiger partial charge in [-0.2, -0.15) is 0 Å².